The van der Waals surface area contributed by atoms with E-state index in [1.165, 1.54) is 20.3 Å². The van der Waals surface area contributed by atoms with Gasteiger partial charge in [-0.2, -0.15) is 23.3 Å². The molecule has 10 rings (SSSR count). The molecule has 0 spiro atoms. The van der Waals surface area contributed by atoms with Gasteiger partial charge in [-0.05, 0) is 74.3 Å². The summed E-state index contributed by atoms with van der Waals surface area (Å²) in [5, 5.41) is 11.9. The molecule has 1 aliphatic carbocycles. The number of nitrogens with one attached hydrogen (secondary N) is 2. The van der Waals surface area contributed by atoms with E-state index in [0.717, 1.165) is 4.90 Å². The zero-order valence-electron chi connectivity index (χ0n) is 35.7. The second kappa shape index (κ2) is 16.3. The number of hydrogen-bond donors (Lipinski definition) is 2. The number of benzene rings is 2. The molecule has 4 aliphatic heterocycles. The number of amides is 2. The van der Waals surface area contributed by atoms with Crippen molar-refractivity contribution in [3.8, 4) is 5.75 Å². The Bertz CT molecular complexity index is 2760. The number of carbonyl (C=O) groups is 2. The first-order chi connectivity index (χ1) is 31.1. The van der Waals surface area contributed by atoms with Crippen molar-refractivity contribution in [1.29, 1.82) is 0 Å². The Morgan fingerprint density at radius 1 is 0.969 bits per heavy atom. The second-order valence-corrected chi connectivity index (χ2v) is 18.2. The Labute approximate surface area is 374 Å². The predicted molar refractivity (Wildman–Crippen MR) is 236 cm³/mol. The smallest absolute Gasteiger partial charge is 0.409 e. The molecule has 1 saturated carbocycles. The first-order valence-electron chi connectivity index (χ1n) is 21.9. The Balaban J connectivity index is 0.815. The summed E-state index contributed by atoms with van der Waals surface area (Å²) in [6.45, 7) is 0.994. The molecule has 4 fully saturated rings. The van der Waals surface area contributed by atoms with Crippen LogP contribution >= 0.6 is 11.6 Å². The van der Waals surface area contributed by atoms with E-state index >= 15 is 8.78 Å². The molecule has 0 bridgehead atoms. The lowest BCUT2D eigenvalue weighted by atomic mass is 9.95. The number of nitrogens with zero attached hydrogens (tertiary/aromatic N) is 9. The van der Waals surface area contributed by atoms with Gasteiger partial charge in [-0.1, -0.05) is 17.7 Å². The average Bonchev–Trinajstić information content (AvgIpc) is 4.08. The van der Waals surface area contributed by atoms with Crippen molar-refractivity contribution < 1.29 is 36.3 Å². The number of piperidine rings is 2. The Hall–Kier alpha value is -5.76. The van der Waals surface area contributed by atoms with Gasteiger partial charge in [0, 0.05) is 82.7 Å². The molecule has 7 heterocycles. The van der Waals surface area contributed by atoms with E-state index in [9.17, 15) is 27.6 Å². The number of ether oxygens (including phenoxy) is 1. The van der Waals surface area contributed by atoms with E-state index in [-0.39, 0.29) is 71.9 Å². The van der Waals surface area contributed by atoms with Crippen molar-refractivity contribution in [2.24, 2.45) is 25.9 Å². The van der Waals surface area contributed by atoms with Crippen molar-refractivity contribution in [3.63, 3.8) is 0 Å². The molecule has 0 radical (unpaired) electrons. The molecule has 5 aromatic rings. The number of alkyl halides is 5. The molecule has 65 heavy (non-hydrogen) atoms. The summed E-state index contributed by atoms with van der Waals surface area (Å²) in [5.41, 5.74) is 1.52. The molecule has 15 nitrogen and oxygen atoms in total. The van der Waals surface area contributed by atoms with Crippen LogP contribution in [-0.4, -0.2) is 111 Å². The molecule has 2 amide bonds. The van der Waals surface area contributed by atoms with Gasteiger partial charge in [-0.15, -0.1) is 0 Å². The zero-order chi connectivity index (χ0) is 45.5. The lowest BCUT2D eigenvalue weighted by Crippen LogP contribution is -2.60. The van der Waals surface area contributed by atoms with Crippen LogP contribution in [0, 0.1) is 11.8 Å². The molecule has 344 valence electrons. The molecule has 2 aromatic carbocycles. The number of anilines is 6. The number of pyridine rings is 1. The predicted octanol–water partition coefficient (Wildman–Crippen LogP) is 6.84. The van der Waals surface area contributed by atoms with Crippen LogP contribution in [0.4, 0.5) is 56.6 Å². The molecule has 3 saturated heterocycles. The van der Waals surface area contributed by atoms with Crippen LogP contribution in [0.5, 0.6) is 5.75 Å². The Morgan fingerprint density at radius 3 is 2.45 bits per heavy atom. The summed E-state index contributed by atoms with van der Waals surface area (Å²) >= 11 is 6.60. The van der Waals surface area contributed by atoms with Crippen LogP contribution in [0.1, 0.15) is 44.9 Å². The topological polar surface area (TPSA) is 146 Å². The van der Waals surface area contributed by atoms with Gasteiger partial charge in [0.05, 0.1) is 34.6 Å². The van der Waals surface area contributed by atoms with E-state index in [1.807, 2.05) is 9.80 Å². The van der Waals surface area contributed by atoms with Gasteiger partial charge in [0.25, 0.3) is 5.56 Å². The molecule has 2 atom stereocenters. The van der Waals surface area contributed by atoms with Gasteiger partial charge < -0.3 is 29.7 Å². The number of aromatic nitrogens is 5. The van der Waals surface area contributed by atoms with E-state index in [0.29, 0.717) is 103 Å². The van der Waals surface area contributed by atoms with Crippen LogP contribution < -0.4 is 35.6 Å². The Kier molecular flexibility index (Phi) is 10.8. The number of piperazine rings is 1. The number of rotatable bonds is 8. The monoisotopic (exact) mass is 923 g/mol. The Morgan fingerprint density at radius 2 is 1.72 bits per heavy atom. The fourth-order valence-corrected chi connectivity index (χ4v) is 10.1. The number of aryl methyl sites for hydroxylation is 2. The third-order valence-electron chi connectivity index (χ3n) is 13.5. The SMILES string of the molecule is Cn1nc(N2C(=O)CCCC2=O)c2cccc(N3CCN(CC4CCN(c5ncc(Cl)c(Nc6ccc7c(c6)c6c(c(=O)n7C)OCC(F)(F)[C@H](C7CC7)N6)n5)CC4)C[C@@H]3C(F)(F)F)c21. The van der Waals surface area contributed by atoms with Crippen LogP contribution in [0.15, 0.2) is 47.4 Å². The van der Waals surface area contributed by atoms with E-state index in [4.69, 9.17) is 21.3 Å². The third kappa shape index (κ3) is 7.95. The third-order valence-corrected chi connectivity index (χ3v) is 13.8. The van der Waals surface area contributed by atoms with E-state index in [1.54, 1.807) is 50.5 Å². The summed E-state index contributed by atoms with van der Waals surface area (Å²) in [6, 6.07) is 7.18. The van der Waals surface area contributed by atoms with Crippen LogP contribution in [0.2, 0.25) is 5.02 Å². The number of halogens is 6. The van der Waals surface area contributed by atoms with Crippen LogP contribution in [0.3, 0.4) is 0 Å². The first-order valence-corrected chi connectivity index (χ1v) is 22.3. The highest BCUT2D eigenvalue weighted by Gasteiger charge is 2.51. The van der Waals surface area contributed by atoms with Gasteiger partial charge in [-0.3, -0.25) is 24.0 Å². The summed E-state index contributed by atoms with van der Waals surface area (Å²) in [6.07, 6.45) is 0.498. The van der Waals surface area contributed by atoms with Crippen molar-refractivity contribution in [2.75, 3.05) is 71.2 Å². The van der Waals surface area contributed by atoms with Crippen LogP contribution in [0.25, 0.3) is 21.8 Å². The zero-order valence-corrected chi connectivity index (χ0v) is 36.4. The number of carbonyl (C=O) groups excluding carboxylic acids is 2. The lowest BCUT2D eigenvalue weighted by Gasteiger charge is -2.45. The van der Waals surface area contributed by atoms with Crippen molar-refractivity contribution in [3.05, 3.63) is 58.0 Å². The van der Waals surface area contributed by atoms with Gasteiger partial charge in [0.2, 0.25) is 23.5 Å². The van der Waals surface area contributed by atoms with Gasteiger partial charge >= 0.3 is 12.1 Å². The minimum Gasteiger partial charge on any atom is -0.480 e. The highest BCUT2D eigenvalue weighted by molar-refractivity contribution is 6.33. The maximum Gasteiger partial charge on any atom is 0.409 e. The van der Waals surface area contributed by atoms with Crippen molar-refractivity contribution in [1.82, 2.24) is 29.2 Å². The molecule has 21 heteroatoms. The minimum absolute atomic E-state index is 0.109. The van der Waals surface area contributed by atoms with Gasteiger partial charge in [0.15, 0.2) is 18.2 Å². The quantitative estimate of drug-likeness (QED) is 0.124. The molecule has 3 aromatic heterocycles. The van der Waals surface area contributed by atoms with Gasteiger partial charge in [0.1, 0.15) is 11.1 Å². The van der Waals surface area contributed by atoms with Crippen molar-refractivity contribution >= 4 is 79.9 Å². The van der Waals surface area contributed by atoms with Crippen LogP contribution in [-0.2, 0) is 23.7 Å². The maximum absolute atomic E-state index is 15.2. The largest absolute Gasteiger partial charge is 0.480 e. The van der Waals surface area contributed by atoms with E-state index in [2.05, 4.69) is 20.7 Å². The molecule has 0 unspecified atom stereocenters. The number of hydrogen-bond acceptors (Lipinski definition) is 12. The number of fused-ring (bicyclic) bond motifs is 4. The minimum atomic E-state index is -4.55. The molecular formula is C44H47ClF5N11O4. The summed E-state index contributed by atoms with van der Waals surface area (Å²) in [4.78, 5) is 54.4. The summed E-state index contributed by atoms with van der Waals surface area (Å²) in [7, 11) is 3.17. The highest BCUT2D eigenvalue weighted by Crippen LogP contribution is 2.46. The molecule has 5 aliphatic rings. The highest BCUT2D eigenvalue weighted by atomic mass is 35.5. The second-order valence-electron chi connectivity index (χ2n) is 17.8. The lowest BCUT2D eigenvalue weighted by molar-refractivity contribution is -0.157. The number of para-hydroxylation sites is 1. The summed E-state index contributed by atoms with van der Waals surface area (Å²) in [5.74, 6) is -3.32. The van der Waals surface area contributed by atoms with Gasteiger partial charge in [-0.25, -0.2) is 18.7 Å². The summed E-state index contributed by atoms with van der Waals surface area (Å²) < 4.78 is 83.5. The first kappa shape index (κ1) is 43.1. The number of imide groups is 1. The van der Waals surface area contributed by atoms with E-state index < -0.39 is 36.3 Å². The normalized spacial score (nSPS) is 22.2. The fourth-order valence-electron chi connectivity index (χ4n) is 9.96. The molecular weight excluding hydrogens is 877 g/mol. The standard InChI is InChI=1S/C44H47ClF5N11O4/c1-56-30-12-11-26(19-28(30)35-37(41(56)64)65-23-43(46,47)38(53-35)25-9-10-25)52-39-29(45)20-51-42(54-39)59-15-13-24(14-16-59)21-58-17-18-60(32(22-58)44(48,49)50)31-6-3-5-27-36(31)57(2)55-40(27)61-33(62)7-4-8-34(61)63/h3,5-6,11-12,19-20,24-25,32,38,53H,4,7-10,13-18,21-23H2,1-2H3,(H,51,52,54)/t32-,38+/m1/s1. The molecule has 2 N–H and O–H groups in total. The van der Waals surface area contributed by atoms with Crippen molar-refractivity contribution in [2.45, 2.75) is 69.1 Å². The fraction of sp³-hybridized carbons (Fsp3) is 0.500. The maximum atomic E-state index is 15.2. The average molecular weight is 924 g/mol.